The van der Waals surface area contributed by atoms with Gasteiger partial charge in [-0.05, 0) is 24.7 Å². The van der Waals surface area contributed by atoms with Crippen LogP contribution in [-0.4, -0.2) is 24.6 Å². The van der Waals surface area contributed by atoms with Crippen molar-refractivity contribution >= 4 is 11.6 Å². The van der Waals surface area contributed by atoms with E-state index in [4.69, 9.17) is 0 Å². The van der Waals surface area contributed by atoms with E-state index in [-0.39, 0.29) is 11.6 Å². The summed E-state index contributed by atoms with van der Waals surface area (Å²) in [5.41, 5.74) is 0. The lowest BCUT2D eigenvalue weighted by Crippen LogP contribution is -2.39. The molecule has 1 N–H and O–H groups in total. The lowest BCUT2D eigenvalue weighted by atomic mass is 9.92. The third-order valence-electron chi connectivity index (χ3n) is 3.62. The van der Waals surface area contributed by atoms with E-state index in [1.807, 2.05) is 11.8 Å². The van der Waals surface area contributed by atoms with Gasteiger partial charge in [-0.3, -0.25) is 0 Å². The highest BCUT2D eigenvalue weighted by Crippen LogP contribution is 2.28. The highest BCUT2D eigenvalue weighted by atomic mass is 19.1. The molecule has 2 unspecified atom stereocenters. The summed E-state index contributed by atoms with van der Waals surface area (Å²) in [4.78, 5) is 6.10. The largest absolute Gasteiger partial charge is 0.368 e. The Hall–Kier alpha value is -1.39. The topological polar surface area (TPSA) is 28.2 Å². The highest BCUT2D eigenvalue weighted by Gasteiger charge is 2.25. The zero-order valence-corrected chi connectivity index (χ0v) is 12.4. The first kappa shape index (κ1) is 15.0. The van der Waals surface area contributed by atoms with Gasteiger partial charge in [0.05, 0.1) is 0 Å². The van der Waals surface area contributed by atoms with Gasteiger partial charge >= 0.3 is 0 Å². The molecular formula is C15H23F2N3. The third-order valence-corrected chi connectivity index (χ3v) is 3.62. The van der Waals surface area contributed by atoms with Crippen LogP contribution in [0.2, 0.25) is 0 Å². The molecule has 112 valence electrons. The van der Waals surface area contributed by atoms with E-state index >= 15 is 0 Å². The van der Waals surface area contributed by atoms with Gasteiger partial charge in [-0.15, -0.1) is 0 Å². The van der Waals surface area contributed by atoms with Gasteiger partial charge in [0.25, 0.3) is 0 Å². The lowest BCUT2D eigenvalue weighted by Gasteiger charge is -2.36. The Kier molecular flexibility index (Phi) is 4.78. The van der Waals surface area contributed by atoms with Crippen molar-refractivity contribution in [3.05, 3.63) is 17.7 Å². The number of aromatic nitrogens is 1. The fourth-order valence-electron chi connectivity index (χ4n) is 2.88. The summed E-state index contributed by atoms with van der Waals surface area (Å²) in [7, 11) is 0. The molecule has 1 aromatic heterocycles. The van der Waals surface area contributed by atoms with Crippen LogP contribution in [0.5, 0.6) is 0 Å². The highest BCUT2D eigenvalue weighted by molar-refractivity contribution is 5.49. The van der Waals surface area contributed by atoms with Gasteiger partial charge in [0.1, 0.15) is 0 Å². The van der Waals surface area contributed by atoms with E-state index < -0.39 is 11.6 Å². The van der Waals surface area contributed by atoms with Crippen molar-refractivity contribution in [1.29, 1.82) is 0 Å². The molecule has 0 aliphatic carbocycles. The smallest absolute Gasteiger partial charge is 0.168 e. The van der Waals surface area contributed by atoms with E-state index in [0.29, 0.717) is 18.4 Å². The minimum Gasteiger partial charge on any atom is -0.368 e. The average molecular weight is 283 g/mol. The molecule has 1 fully saturated rings. The maximum Gasteiger partial charge on any atom is 0.168 e. The van der Waals surface area contributed by atoms with E-state index in [0.717, 1.165) is 32.0 Å². The fraction of sp³-hybridized carbons (Fsp3) is 0.667. The van der Waals surface area contributed by atoms with Gasteiger partial charge < -0.3 is 10.2 Å². The van der Waals surface area contributed by atoms with Gasteiger partial charge in [-0.25, -0.2) is 13.8 Å². The standard InChI is InChI=1S/C15H23F2N3/c1-4-5-18-14-12(16)7-13(17)15(19-14)20-8-10(2)6-11(3)9-20/h7,10-11H,4-6,8-9H2,1-3H3,(H,18,19). The Morgan fingerprint density at radius 1 is 1.25 bits per heavy atom. The van der Waals surface area contributed by atoms with Crippen molar-refractivity contribution in [2.75, 3.05) is 29.9 Å². The minimum atomic E-state index is -0.627. The Labute approximate surface area is 119 Å². The SMILES string of the molecule is CCCNc1nc(N2CC(C)CC(C)C2)c(F)cc1F. The van der Waals surface area contributed by atoms with Crippen LogP contribution in [0.15, 0.2) is 6.07 Å². The molecule has 1 aliphatic heterocycles. The van der Waals surface area contributed by atoms with Crippen LogP contribution in [0.25, 0.3) is 0 Å². The van der Waals surface area contributed by atoms with Crippen molar-refractivity contribution < 1.29 is 8.78 Å². The van der Waals surface area contributed by atoms with Crippen LogP contribution in [0.4, 0.5) is 20.4 Å². The summed E-state index contributed by atoms with van der Waals surface area (Å²) in [6.45, 7) is 8.46. The molecule has 20 heavy (non-hydrogen) atoms. The second-order valence-corrected chi connectivity index (χ2v) is 5.90. The van der Waals surface area contributed by atoms with E-state index in [9.17, 15) is 8.78 Å². The molecule has 1 aromatic rings. The first-order valence-electron chi connectivity index (χ1n) is 7.36. The van der Waals surface area contributed by atoms with Crippen molar-refractivity contribution in [2.45, 2.75) is 33.6 Å². The van der Waals surface area contributed by atoms with Crippen LogP contribution in [0.3, 0.4) is 0 Å². The third kappa shape index (κ3) is 3.38. The number of pyridine rings is 1. The molecule has 3 nitrogen and oxygen atoms in total. The summed E-state index contributed by atoms with van der Waals surface area (Å²) < 4.78 is 27.7. The van der Waals surface area contributed by atoms with Crippen molar-refractivity contribution in [3.8, 4) is 0 Å². The second-order valence-electron chi connectivity index (χ2n) is 5.90. The molecule has 2 heterocycles. The summed E-state index contributed by atoms with van der Waals surface area (Å²) >= 11 is 0. The number of hydrogen-bond acceptors (Lipinski definition) is 3. The normalized spacial score (nSPS) is 22.9. The number of rotatable bonds is 4. The summed E-state index contributed by atoms with van der Waals surface area (Å²) in [5, 5.41) is 2.91. The molecule has 1 aliphatic rings. The zero-order chi connectivity index (χ0) is 14.7. The van der Waals surface area contributed by atoms with Gasteiger partial charge in [-0.2, -0.15) is 0 Å². The number of hydrogen-bond donors (Lipinski definition) is 1. The molecule has 2 rings (SSSR count). The van der Waals surface area contributed by atoms with E-state index in [1.54, 1.807) is 0 Å². The number of nitrogens with zero attached hydrogens (tertiary/aromatic N) is 2. The number of halogens is 2. The van der Waals surface area contributed by atoms with Gasteiger partial charge in [0.15, 0.2) is 23.3 Å². The average Bonchev–Trinajstić information content (AvgIpc) is 2.36. The molecule has 2 atom stereocenters. The Morgan fingerprint density at radius 2 is 1.90 bits per heavy atom. The van der Waals surface area contributed by atoms with Crippen LogP contribution in [0, 0.1) is 23.5 Å². The molecular weight excluding hydrogens is 260 g/mol. The van der Waals surface area contributed by atoms with E-state index in [2.05, 4.69) is 24.1 Å². The maximum atomic E-state index is 14.0. The monoisotopic (exact) mass is 283 g/mol. The Balaban J connectivity index is 2.25. The number of anilines is 2. The van der Waals surface area contributed by atoms with Crippen LogP contribution in [0.1, 0.15) is 33.6 Å². The zero-order valence-electron chi connectivity index (χ0n) is 12.4. The lowest BCUT2D eigenvalue weighted by molar-refractivity contribution is 0.352. The predicted molar refractivity (Wildman–Crippen MR) is 78.1 cm³/mol. The van der Waals surface area contributed by atoms with Gasteiger partial charge in [0.2, 0.25) is 0 Å². The summed E-state index contributed by atoms with van der Waals surface area (Å²) in [6.07, 6.45) is 2.01. The Bertz CT molecular complexity index is 455. The van der Waals surface area contributed by atoms with Crippen molar-refractivity contribution in [1.82, 2.24) is 4.98 Å². The summed E-state index contributed by atoms with van der Waals surface area (Å²) in [6, 6.07) is 0.935. The molecule has 0 amide bonds. The van der Waals surface area contributed by atoms with Crippen LogP contribution in [-0.2, 0) is 0 Å². The minimum absolute atomic E-state index is 0.147. The van der Waals surface area contributed by atoms with Gasteiger partial charge in [-0.1, -0.05) is 20.8 Å². The molecule has 5 heteroatoms. The Morgan fingerprint density at radius 3 is 2.50 bits per heavy atom. The van der Waals surface area contributed by atoms with Crippen molar-refractivity contribution in [2.24, 2.45) is 11.8 Å². The molecule has 0 radical (unpaired) electrons. The van der Waals surface area contributed by atoms with Crippen LogP contribution < -0.4 is 10.2 Å². The second kappa shape index (κ2) is 6.37. The van der Waals surface area contributed by atoms with Crippen molar-refractivity contribution in [3.63, 3.8) is 0 Å². The molecule has 0 saturated carbocycles. The molecule has 1 saturated heterocycles. The first-order valence-corrected chi connectivity index (χ1v) is 7.36. The molecule has 0 bridgehead atoms. The van der Waals surface area contributed by atoms with Gasteiger partial charge in [0, 0.05) is 25.7 Å². The quantitative estimate of drug-likeness (QED) is 0.914. The molecule has 0 aromatic carbocycles. The van der Waals surface area contributed by atoms with Crippen LogP contribution >= 0.6 is 0 Å². The number of nitrogens with one attached hydrogen (secondary N) is 1. The fourth-order valence-corrected chi connectivity index (χ4v) is 2.88. The predicted octanol–water partition coefficient (Wildman–Crippen LogP) is 3.66. The maximum absolute atomic E-state index is 14.0. The number of piperidine rings is 1. The first-order chi connectivity index (χ1) is 9.51. The van der Waals surface area contributed by atoms with E-state index in [1.165, 1.54) is 0 Å². The summed E-state index contributed by atoms with van der Waals surface area (Å²) in [5.74, 6) is 0.204. The molecule has 0 spiro atoms.